The van der Waals surface area contributed by atoms with Gasteiger partial charge < -0.3 is 10.6 Å². The SMILES string of the molecule is Cc1cccc(C)c1NC(=O)CN(C)C(C)C(=O)Nc1ccc(Cl)cc1. The number of aryl methyl sites for hydroxylation is 2. The molecule has 2 aromatic carbocycles. The Hall–Kier alpha value is -2.37. The van der Waals surface area contributed by atoms with E-state index in [0.717, 1.165) is 16.8 Å². The van der Waals surface area contributed by atoms with E-state index in [2.05, 4.69) is 10.6 Å². The van der Waals surface area contributed by atoms with Gasteiger partial charge in [0.1, 0.15) is 0 Å². The molecule has 2 N–H and O–H groups in total. The Morgan fingerprint density at radius 3 is 2.19 bits per heavy atom. The molecule has 1 unspecified atom stereocenters. The molecule has 0 saturated carbocycles. The van der Waals surface area contributed by atoms with Crippen molar-refractivity contribution in [1.29, 1.82) is 0 Å². The molecular formula is C20H24ClN3O2. The molecule has 0 bridgehead atoms. The van der Waals surface area contributed by atoms with E-state index in [9.17, 15) is 9.59 Å². The van der Waals surface area contributed by atoms with Gasteiger partial charge in [0.05, 0.1) is 12.6 Å². The standard InChI is InChI=1S/C20H24ClN3O2/c1-13-6-5-7-14(2)19(13)23-18(25)12-24(4)15(3)20(26)22-17-10-8-16(21)9-11-17/h5-11,15H,12H2,1-4H3,(H,22,26)(H,23,25). The zero-order valence-corrected chi connectivity index (χ0v) is 16.2. The summed E-state index contributed by atoms with van der Waals surface area (Å²) in [5.74, 6) is -0.342. The fourth-order valence-corrected chi connectivity index (χ4v) is 2.66. The van der Waals surface area contributed by atoms with Crippen molar-refractivity contribution in [2.24, 2.45) is 0 Å². The minimum atomic E-state index is -0.464. The molecule has 138 valence electrons. The number of hydrogen-bond acceptors (Lipinski definition) is 3. The highest BCUT2D eigenvalue weighted by Gasteiger charge is 2.20. The van der Waals surface area contributed by atoms with E-state index in [-0.39, 0.29) is 18.4 Å². The Morgan fingerprint density at radius 2 is 1.62 bits per heavy atom. The normalized spacial score (nSPS) is 11.9. The number of para-hydroxylation sites is 1. The molecular weight excluding hydrogens is 350 g/mol. The number of amides is 2. The number of hydrogen-bond donors (Lipinski definition) is 2. The van der Waals surface area contributed by atoms with Crippen LogP contribution in [-0.2, 0) is 9.59 Å². The lowest BCUT2D eigenvalue weighted by molar-refractivity contribution is -0.122. The zero-order valence-electron chi connectivity index (χ0n) is 15.5. The highest BCUT2D eigenvalue weighted by atomic mass is 35.5. The van der Waals surface area contributed by atoms with Crippen LogP contribution >= 0.6 is 11.6 Å². The van der Waals surface area contributed by atoms with Crippen molar-refractivity contribution in [1.82, 2.24) is 4.90 Å². The van der Waals surface area contributed by atoms with Gasteiger partial charge in [-0.3, -0.25) is 14.5 Å². The number of carbonyl (C=O) groups excluding carboxylic acids is 2. The van der Waals surface area contributed by atoms with E-state index >= 15 is 0 Å². The minimum absolute atomic E-state index is 0.114. The third-order valence-corrected chi connectivity index (χ3v) is 4.54. The lowest BCUT2D eigenvalue weighted by Gasteiger charge is -2.23. The molecule has 6 heteroatoms. The van der Waals surface area contributed by atoms with Crippen molar-refractivity contribution in [3.63, 3.8) is 0 Å². The molecule has 0 saturated heterocycles. The molecule has 0 aliphatic carbocycles. The summed E-state index contributed by atoms with van der Waals surface area (Å²) in [4.78, 5) is 26.4. The lowest BCUT2D eigenvalue weighted by Crippen LogP contribution is -2.43. The number of anilines is 2. The quantitative estimate of drug-likeness (QED) is 0.808. The summed E-state index contributed by atoms with van der Waals surface area (Å²) >= 11 is 5.84. The van der Waals surface area contributed by atoms with E-state index < -0.39 is 6.04 Å². The molecule has 0 spiro atoms. The van der Waals surface area contributed by atoms with Crippen molar-refractivity contribution < 1.29 is 9.59 Å². The molecule has 0 heterocycles. The van der Waals surface area contributed by atoms with Gasteiger partial charge in [-0.15, -0.1) is 0 Å². The number of likely N-dealkylation sites (N-methyl/N-ethyl adjacent to an activating group) is 1. The number of carbonyl (C=O) groups is 2. The van der Waals surface area contributed by atoms with Gasteiger partial charge in [0.15, 0.2) is 0 Å². The average molecular weight is 374 g/mol. The van der Waals surface area contributed by atoms with E-state index in [4.69, 9.17) is 11.6 Å². The third-order valence-electron chi connectivity index (χ3n) is 4.29. The van der Waals surface area contributed by atoms with Crippen LogP contribution in [0, 0.1) is 13.8 Å². The Balaban J connectivity index is 1.93. The number of benzene rings is 2. The van der Waals surface area contributed by atoms with Gasteiger partial charge in [-0.2, -0.15) is 0 Å². The molecule has 2 amide bonds. The fourth-order valence-electron chi connectivity index (χ4n) is 2.53. The molecule has 0 aliphatic heterocycles. The maximum absolute atomic E-state index is 12.4. The Labute approximate surface area is 159 Å². The second-order valence-electron chi connectivity index (χ2n) is 6.40. The van der Waals surface area contributed by atoms with Crippen LogP contribution in [0.25, 0.3) is 0 Å². The van der Waals surface area contributed by atoms with Crippen molar-refractivity contribution in [3.8, 4) is 0 Å². The van der Waals surface area contributed by atoms with Gasteiger partial charge in [0, 0.05) is 16.4 Å². The van der Waals surface area contributed by atoms with Crippen molar-refractivity contribution in [2.45, 2.75) is 26.8 Å². The number of nitrogens with zero attached hydrogens (tertiary/aromatic N) is 1. The maximum Gasteiger partial charge on any atom is 0.241 e. The predicted molar refractivity (Wildman–Crippen MR) is 107 cm³/mol. The second kappa shape index (κ2) is 8.83. The maximum atomic E-state index is 12.4. The van der Waals surface area contributed by atoms with Gasteiger partial charge in [-0.25, -0.2) is 0 Å². The molecule has 0 aliphatic rings. The molecule has 2 rings (SSSR count). The molecule has 5 nitrogen and oxygen atoms in total. The first-order valence-corrected chi connectivity index (χ1v) is 8.78. The fraction of sp³-hybridized carbons (Fsp3) is 0.300. The first-order valence-electron chi connectivity index (χ1n) is 8.40. The van der Waals surface area contributed by atoms with Crippen LogP contribution < -0.4 is 10.6 Å². The van der Waals surface area contributed by atoms with Gasteiger partial charge in [-0.1, -0.05) is 29.8 Å². The molecule has 0 aromatic heterocycles. The van der Waals surface area contributed by atoms with Crippen molar-refractivity contribution >= 4 is 34.8 Å². The Morgan fingerprint density at radius 1 is 1.04 bits per heavy atom. The number of nitrogens with one attached hydrogen (secondary N) is 2. The van der Waals surface area contributed by atoms with Gasteiger partial charge in [-0.05, 0) is 63.2 Å². The first-order chi connectivity index (χ1) is 12.3. The molecule has 2 aromatic rings. The summed E-state index contributed by atoms with van der Waals surface area (Å²) in [6, 6.07) is 12.3. The van der Waals surface area contributed by atoms with E-state index in [1.165, 1.54) is 0 Å². The van der Waals surface area contributed by atoms with Crippen LogP contribution in [0.3, 0.4) is 0 Å². The summed E-state index contributed by atoms with van der Waals surface area (Å²) in [6.45, 7) is 5.78. The van der Waals surface area contributed by atoms with Crippen LogP contribution in [0.1, 0.15) is 18.1 Å². The predicted octanol–water partition coefficient (Wildman–Crippen LogP) is 3.85. The van der Waals surface area contributed by atoms with E-state index in [1.807, 2.05) is 32.0 Å². The molecule has 26 heavy (non-hydrogen) atoms. The van der Waals surface area contributed by atoms with Crippen LogP contribution in [0.5, 0.6) is 0 Å². The molecule has 1 atom stereocenters. The molecule has 0 fully saturated rings. The smallest absolute Gasteiger partial charge is 0.241 e. The monoisotopic (exact) mass is 373 g/mol. The van der Waals surface area contributed by atoms with Gasteiger partial charge >= 0.3 is 0 Å². The minimum Gasteiger partial charge on any atom is -0.325 e. The second-order valence-corrected chi connectivity index (χ2v) is 6.84. The summed E-state index contributed by atoms with van der Waals surface area (Å²) in [7, 11) is 1.75. The zero-order chi connectivity index (χ0) is 19.3. The van der Waals surface area contributed by atoms with Gasteiger partial charge in [0.25, 0.3) is 0 Å². The van der Waals surface area contributed by atoms with Crippen molar-refractivity contribution in [2.75, 3.05) is 24.2 Å². The highest BCUT2D eigenvalue weighted by Crippen LogP contribution is 2.19. The van der Waals surface area contributed by atoms with Crippen LogP contribution in [0.15, 0.2) is 42.5 Å². The summed E-state index contributed by atoms with van der Waals surface area (Å²) in [5, 5.41) is 6.36. The first kappa shape index (κ1) is 19.9. The van der Waals surface area contributed by atoms with Crippen LogP contribution in [0.2, 0.25) is 5.02 Å². The number of rotatable bonds is 6. The highest BCUT2D eigenvalue weighted by molar-refractivity contribution is 6.30. The van der Waals surface area contributed by atoms with E-state index in [0.29, 0.717) is 10.7 Å². The largest absolute Gasteiger partial charge is 0.325 e. The van der Waals surface area contributed by atoms with Crippen LogP contribution in [-0.4, -0.2) is 36.3 Å². The van der Waals surface area contributed by atoms with E-state index in [1.54, 1.807) is 43.1 Å². The lowest BCUT2D eigenvalue weighted by atomic mass is 10.1. The summed E-state index contributed by atoms with van der Waals surface area (Å²) in [5.41, 5.74) is 3.51. The van der Waals surface area contributed by atoms with Gasteiger partial charge in [0.2, 0.25) is 11.8 Å². The average Bonchev–Trinajstić information content (AvgIpc) is 2.59. The Bertz CT molecular complexity index is 770. The van der Waals surface area contributed by atoms with Crippen LogP contribution in [0.4, 0.5) is 11.4 Å². The van der Waals surface area contributed by atoms with Crippen molar-refractivity contribution in [3.05, 3.63) is 58.6 Å². The number of halogens is 1. The topological polar surface area (TPSA) is 61.4 Å². The third kappa shape index (κ3) is 5.31. The molecule has 0 radical (unpaired) electrons. The summed E-state index contributed by atoms with van der Waals surface area (Å²) in [6.07, 6.45) is 0. The summed E-state index contributed by atoms with van der Waals surface area (Å²) < 4.78 is 0. The Kier molecular flexibility index (Phi) is 6.77.